The minimum Gasteiger partial charge on any atom is -0.391 e. The van der Waals surface area contributed by atoms with Crippen molar-refractivity contribution in [3.8, 4) is 0 Å². The van der Waals surface area contributed by atoms with Crippen molar-refractivity contribution in [3.05, 3.63) is 29.8 Å². The molecule has 0 heterocycles. The van der Waals surface area contributed by atoms with Crippen molar-refractivity contribution < 1.29 is 8.85 Å². The van der Waals surface area contributed by atoms with E-state index in [1.165, 1.54) is 10.8 Å². The molecule has 0 spiro atoms. The monoisotopic (exact) mass is 252 g/mol. The van der Waals surface area contributed by atoms with Gasteiger partial charge in [0.05, 0.1) is 0 Å². The Hall–Kier alpha value is -0.643. The molecule has 1 aromatic rings. The zero-order chi connectivity index (χ0) is 12.9. The van der Waals surface area contributed by atoms with Crippen LogP contribution >= 0.6 is 0 Å². The van der Waals surface area contributed by atoms with Crippen LogP contribution in [0.3, 0.4) is 0 Å². The SMILES string of the molecule is CCO[Si](OCC)(c1ccc(C)cc1)C(C)C. The van der Waals surface area contributed by atoms with Crippen molar-refractivity contribution in [1.82, 2.24) is 0 Å². The molecule has 0 atom stereocenters. The van der Waals surface area contributed by atoms with Gasteiger partial charge >= 0.3 is 8.56 Å². The molecule has 0 aromatic heterocycles. The van der Waals surface area contributed by atoms with Gasteiger partial charge in [0.1, 0.15) is 0 Å². The van der Waals surface area contributed by atoms with Crippen LogP contribution in [0.5, 0.6) is 0 Å². The van der Waals surface area contributed by atoms with Gasteiger partial charge in [-0.05, 0) is 26.0 Å². The Bertz CT molecular complexity index is 327. The second kappa shape index (κ2) is 6.33. The number of aryl methyl sites for hydroxylation is 1. The molecule has 3 heteroatoms. The largest absolute Gasteiger partial charge is 0.391 e. The van der Waals surface area contributed by atoms with Crippen LogP contribution in [0, 0.1) is 6.92 Å². The molecule has 2 nitrogen and oxygen atoms in total. The van der Waals surface area contributed by atoms with E-state index in [9.17, 15) is 0 Å². The Morgan fingerprint density at radius 2 is 1.47 bits per heavy atom. The van der Waals surface area contributed by atoms with Gasteiger partial charge in [-0.3, -0.25) is 0 Å². The van der Waals surface area contributed by atoms with Gasteiger partial charge in [0.2, 0.25) is 0 Å². The van der Waals surface area contributed by atoms with Crippen molar-refractivity contribution in [2.24, 2.45) is 0 Å². The summed E-state index contributed by atoms with van der Waals surface area (Å²) < 4.78 is 12.1. The molecule has 0 fully saturated rings. The predicted octanol–water partition coefficient (Wildman–Crippen LogP) is 3.13. The van der Waals surface area contributed by atoms with Crippen LogP contribution in [0.1, 0.15) is 33.3 Å². The zero-order valence-electron chi connectivity index (χ0n) is 11.6. The maximum Gasteiger partial charge on any atom is 0.375 e. The van der Waals surface area contributed by atoms with Gasteiger partial charge in [0.25, 0.3) is 0 Å². The van der Waals surface area contributed by atoms with Gasteiger partial charge in [-0.15, -0.1) is 0 Å². The summed E-state index contributed by atoms with van der Waals surface area (Å²) in [5.41, 5.74) is 1.68. The molecule has 1 rings (SSSR count). The molecule has 0 aliphatic heterocycles. The van der Waals surface area contributed by atoms with E-state index in [0.717, 1.165) is 0 Å². The highest BCUT2D eigenvalue weighted by Gasteiger charge is 2.43. The Morgan fingerprint density at radius 1 is 1.00 bits per heavy atom. The molecule has 0 bridgehead atoms. The molecule has 0 saturated heterocycles. The Kier molecular flexibility index (Phi) is 5.37. The van der Waals surface area contributed by atoms with Gasteiger partial charge in [-0.2, -0.15) is 0 Å². The lowest BCUT2D eigenvalue weighted by molar-refractivity contribution is 0.188. The fraction of sp³-hybridized carbons (Fsp3) is 0.571. The lowest BCUT2D eigenvalue weighted by atomic mass is 10.2. The third-order valence-corrected chi connectivity index (χ3v) is 7.02. The molecule has 96 valence electrons. The first kappa shape index (κ1) is 14.4. The smallest absolute Gasteiger partial charge is 0.375 e. The third kappa shape index (κ3) is 3.18. The summed E-state index contributed by atoms with van der Waals surface area (Å²) in [7, 11) is -2.27. The first-order chi connectivity index (χ1) is 8.06. The van der Waals surface area contributed by atoms with Crippen LogP contribution in [0.4, 0.5) is 0 Å². The van der Waals surface area contributed by atoms with Crippen molar-refractivity contribution in [1.29, 1.82) is 0 Å². The lowest BCUT2D eigenvalue weighted by Crippen LogP contribution is -2.56. The van der Waals surface area contributed by atoms with Crippen LogP contribution in [0.2, 0.25) is 5.54 Å². The second-order valence-electron chi connectivity index (χ2n) is 4.55. The van der Waals surface area contributed by atoms with Gasteiger partial charge in [-0.1, -0.05) is 43.7 Å². The van der Waals surface area contributed by atoms with Gasteiger partial charge in [0.15, 0.2) is 0 Å². The van der Waals surface area contributed by atoms with Crippen molar-refractivity contribution >= 4 is 13.7 Å². The maximum absolute atomic E-state index is 6.07. The van der Waals surface area contributed by atoms with E-state index in [4.69, 9.17) is 8.85 Å². The highest BCUT2D eigenvalue weighted by atomic mass is 28.4. The molecule has 0 amide bonds. The molecule has 0 radical (unpaired) electrons. The van der Waals surface area contributed by atoms with Crippen LogP contribution < -0.4 is 5.19 Å². The number of hydrogen-bond acceptors (Lipinski definition) is 2. The van der Waals surface area contributed by atoms with E-state index < -0.39 is 8.56 Å². The van der Waals surface area contributed by atoms with Crippen molar-refractivity contribution in [2.45, 2.75) is 40.2 Å². The highest BCUT2D eigenvalue weighted by Crippen LogP contribution is 2.23. The fourth-order valence-corrected chi connectivity index (χ4v) is 5.33. The number of rotatable bonds is 6. The number of benzene rings is 1. The molecular formula is C14H24O2Si. The van der Waals surface area contributed by atoms with Crippen molar-refractivity contribution in [3.63, 3.8) is 0 Å². The van der Waals surface area contributed by atoms with Crippen LogP contribution in [-0.2, 0) is 8.85 Å². The van der Waals surface area contributed by atoms with Gasteiger partial charge < -0.3 is 8.85 Å². The van der Waals surface area contributed by atoms with E-state index in [1.807, 2.05) is 13.8 Å². The summed E-state index contributed by atoms with van der Waals surface area (Å²) in [5, 5.41) is 1.24. The third-order valence-electron chi connectivity index (χ3n) is 2.93. The van der Waals surface area contributed by atoms with E-state index in [-0.39, 0.29) is 0 Å². The molecular weight excluding hydrogens is 228 g/mol. The Morgan fingerprint density at radius 3 is 1.82 bits per heavy atom. The first-order valence-corrected chi connectivity index (χ1v) is 8.31. The molecule has 0 aliphatic carbocycles. The van der Waals surface area contributed by atoms with Crippen molar-refractivity contribution in [2.75, 3.05) is 13.2 Å². The Balaban J connectivity index is 3.14. The summed E-state index contributed by atoms with van der Waals surface area (Å²) in [6.07, 6.45) is 0. The number of hydrogen-bond donors (Lipinski definition) is 0. The highest BCUT2D eigenvalue weighted by molar-refractivity contribution is 6.82. The lowest BCUT2D eigenvalue weighted by Gasteiger charge is -2.33. The molecule has 0 unspecified atom stereocenters. The van der Waals surface area contributed by atoms with E-state index in [0.29, 0.717) is 18.8 Å². The molecule has 0 aliphatic rings. The molecule has 1 aromatic carbocycles. The molecule has 0 saturated carbocycles. The zero-order valence-corrected chi connectivity index (χ0v) is 12.6. The minimum atomic E-state index is -2.27. The van der Waals surface area contributed by atoms with E-state index in [1.54, 1.807) is 0 Å². The average Bonchev–Trinajstić information content (AvgIpc) is 2.29. The normalized spacial score (nSPS) is 12.1. The first-order valence-electron chi connectivity index (χ1n) is 6.41. The average molecular weight is 252 g/mol. The van der Waals surface area contributed by atoms with Crippen LogP contribution in [0.15, 0.2) is 24.3 Å². The van der Waals surface area contributed by atoms with E-state index in [2.05, 4.69) is 45.0 Å². The second-order valence-corrected chi connectivity index (χ2v) is 8.20. The predicted molar refractivity (Wildman–Crippen MR) is 74.9 cm³/mol. The summed E-state index contributed by atoms with van der Waals surface area (Å²) in [6, 6.07) is 8.59. The topological polar surface area (TPSA) is 18.5 Å². The summed E-state index contributed by atoms with van der Waals surface area (Å²) in [6.45, 7) is 12.0. The molecule has 0 N–H and O–H groups in total. The maximum atomic E-state index is 6.07. The summed E-state index contributed by atoms with van der Waals surface area (Å²) in [5.74, 6) is 0. The Labute approximate surface area is 106 Å². The molecule has 17 heavy (non-hydrogen) atoms. The standard InChI is InChI=1S/C14H24O2Si/c1-6-15-17(12(3)4,16-7-2)14-10-8-13(5)9-11-14/h8-12H,6-7H2,1-5H3. The summed E-state index contributed by atoms with van der Waals surface area (Å²) >= 11 is 0. The van der Waals surface area contributed by atoms with E-state index >= 15 is 0 Å². The minimum absolute atomic E-state index is 0.408. The fourth-order valence-electron chi connectivity index (χ4n) is 2.09. The quantitative estimate of drug-likeness (QED) is 0.724. The van der Waals surface area contributed by atoms with Crippen LogP contribution in [-0.4, -0.2) is 21.8 Å². The van der Waals surface area contributed by atoms with Crippen LogP contribution in [0.25, 0.3) is 0 Å². The van der Waals surface area contributed by atoms with Gasteiger partial charge in [0, 0.05) is 18.8 Å². The summed E-state index contributed by atoms with van der Waals surface area (Å²) in [4.78, 5) is 0. The van der Waals surface area contributed by atoms with Gasteiger partial charge in [-0.25, -0.2) is 0 Å².